The third kappa shape index (κ3) is 2.16. The molecule has 82 valence electrons. The van der Waals surface area contributed by atoms with Gasteiger partial charge in [0.2, 0.25) is 0 Å². The van der Waals surface area contributed by atoms with Crippen LogP contribution in [-0.2, 0) is 0 Å². The van der Waals surface area contributed by atoms with Gasteiger partial charge in [0.25, 0.3) is 0 Å². The summed E-state index contributed by atoms with van der Waals surface area (Å²) in [6.45, 7) is 4.04. The fourth-order valence-electron chi connectivity index (χ4n) is 1.34. The smallest absolute Gasteiger partial charge is 0.176 e. The minimum Gasteiger partial charge on any atom is -0.259 e. The van der Waals surface area contributed by atoms with E-state index < -0.39 is 0 Å². The summed E-state index contributed by atoms with van der Waals surface area (Å²) < 4.78 is 0. The lowest BCUT2D eigenvalue weighted by molar-refractivity contribution is 1.04. The Hall–Kier alpha value is -1.97. The Bertz CT molecular complexity index is 514. The Morgan fingerprint density at radius 1 is 1.38 bits per heavy atom. The van der Waals surface area contributed by atoms with Crippen LogP contribution in [0.3, 0.4) is 0 Å². The lowest BCUT2D eigenvalue weighted by Crippen LogP contribution is -1.99. The van der Waals surface area contributed by atoms with Crippen molar-refractivity contribution >= 4 is 22.3 Å². The molecule has 0 amide bonds. The minimum atomic E-state index is 0.700. The van der Waals surface area contributed by atoms with Crippen LogP contribution in [0.1, 0.15) is 20.3 Å². The van der Waals surface area contributed by atoms with Crippen LogP contribution in [0.4, 0.5) is 5.82 Å². The second-order valence-electron chi connectivity index (χ2n) is 3.59. The minimum absolute atomic E-state index is 0.700. The van der Waals surface area contributed by atoms with Gasteiger partial charge in [0, 0.05) is 16.5 Å². The molecule has 0 aliphatic rings. The van der Waals surface area contributed by atoms with Crippen molar-refractivity contribution in [3.8, 4) is 0 Å². The molecular weight excluding hydrogens is 200 g/mol. The second kappa shape index (κ2) is 4.70. The molecule has 0 unspecified atom stereocenters. The maximum Gasteiger partial charge on any atom is 0.176 e. The Morgan fingerprint density at radius 3 is 3.00 bits per heavy atom. The third-order valence-corrected chi connectivity index (χ3v) is 2.43. The summed E-state index contributed by atoms with van der Waals surface area (Å²) in [6, 6.07) is 7.97. The molecule has 1 heterocycles. The van der Waals surface area contributed by atoms with Crippen molar-refractivity contribution in [2.75, 3.05) is 5.43 Å². The normalized spacial score (nSPS) is 11.8. The fourth-order valence-corrected chi connectivity index (χ4v) is 1.34. The molecule has 16 heavy (non-hydrogen) atoms. The Balaban J connectivity index is 2.37. The van der Waals surface area contributed by atoms with Gasteiger partial charge < -0.3 is 0 Å². The molecule has 1 N–H and O–H groups in total. The van der Waals surface area contributed by atoms with Crippen molar-refractivity contribution in [2.24, 2.45) is 5.10 Å². The molecule has 4 heteroatoms. The summed E-state index contributed by atoms with van der Waals surface area (Å²) in [5, 5.41) is 14.3. The van der Waals surface area contributed by atoms with Gasteiger partial charge in [0.15, 0.2) is 5.82 Å². The van der Waals surface area contributed by atoms with Gasteiger partial charge in [0.05, 0.1) is 6.20 Å². The monoisotopic (exact) mass is 214 g/mol. The van der Waals surface area contributed by atoms with Crippen molar-refractivity contribution < 1.29 is 0 Å². The Kier molecular flexibility index (Phi) is 3.10. The number of rotatable bonds is 3. The number of hydrazone groups is 1. The summed E-state index contributed by atoms with van der Waals surface area (Å²) in [4.78, 5) is 0. The van der Waals surface area contributed by atoms with E-state index in [9.17, 15) is 0 Å². The highest BCUT2D eigenvalue weighted by Gasteiger charge is 2.00. The lowest BCUT2D eigenvalue weighted by Gasteiger charge is -2.03. The molecule has 2 rings (SSSR count). The van der Waals surface area contributed by atoms with Gasteiger partial charge in [-0.25, -0.2) is 0 Å². The number of nitrogens with one attached hydrogen (secondary N) is 1. The van der Waals surface area contributed by atoms with Crippen LogP contribution in [0.15, 0.2) is 35.6 Å². The van der Waals surface area contributed by atoms with E-state index in [1.165, 1.54) is 0 Å². The molecule has 0 bridgehead atoms. The molecule has 0 spiro atoms. The standard InChI is InChI=1S/C12H14N4/c1-3-9(2)14-16-12-11-7-5-4-6-10(11)8-13-15-12/h4-8H,3H2,1-2H3,(H,15,16). The van der Waals surface area contributed by atoms with Gasteiger partial charge in [-0.2, -0.15) is 10.2 Å². The molecule has 2 aromatic rings. The third-order valence-electron chi connectivity index (χ3n) is 2.43. The summed E-state index contributed by atoms with van der Waals surface area (Å²) in [6.07, 6.45) is 2.67. The first-order valence-corrected chi connectivity index (χ1v) is 5.31. The van der Waals surface area contributed by atoms with Gasteiger partial charge in [0.1, 0.15) is 0 Å². The first kappa shape index (κ1) is 10.5. The first-order chi connectivity index (χ1) is 7.81. The molecule has 0 aliphatic heterocycles. The highest BCUT2D eigenvalue weighted by atomic mass is 15.3. The number of benzene rings is 1. The second-order valence-corrected chi connectivity index (χ2v) is 3.59. The van der Waals surface area contributed by atoms with Gasteiger partial charge in [-0.1, -0.05) is 31.2 Å². The molecule has 0 saturated heterocycles. The van der Waals surface area contributed by atoms with Crippen molar-refractivity contribution in [2.45, 2.75) is 20.3 Å². The SMILES string of the molecule is CCC(C)=NNc1nncc2ccccc12. The molecule has 0 saturated carbocycles. The van der Waals surface area contributed by atoms with Gasteiger partial charge in [-0.15, -0.1) is 5.10 Å². The van der Waals surface area contributed by atoms with Crippen LogP contribution in [0, 0.1) is 0 Å². The lowest BCUT2D eigenvalue weighted by atomic mass is 10.2. The van der Waals surface area contributed by atoms with Gasteiger partial charge in [-0.3, -0.25) is 5.43 Å². The van der Waals surface area contributed by atoms with Crippen molar-refractivity contribution in [1.82, 2.24) is 10.2 Å². The van der Waals surface area contributed by atoms with Crippen LogP contribution < -0.4 is 5.43 Å². The summed E-state index contributed by atoms with van der Waals surface area (Å²) in [5.41, 5.74) is 3.99. The van der Waals surface area contributed by atoms with Crippen LogP contribution in [0.5, 0.6) is 0 Å². The van der Waals surface area contributed by atoms with Crippen LogP contribution in [-0.4, -0.2) is 15.9 Å². The number of aromatic nitrogens is 2. The average Bonchev–Trinajstić information content (AvgIpc) is 2.35. The van der Waals surface area contributed by atoms with Gasteiger partial charge >= 0.3 is 0 Å². The summed E-state index contributed by atoms with van der Waals surface area (Å²) in [5.74, 6) is 0.700. The number of hydrogen-bond donors (Lipinski definition) is 1. The largest absolute Gasteiger partial charge is 0.259 e. The highest BCUT2D eigenvalue weighted by Crippen LogP contribution is 2.18. The summed E-state index contributed by atoms with van der Waals surface area (Å²) >= 11 is 0. The summed E-state index contributed by atoms with van der Waals surface area (Å²) in [7, 11) is 0. The predicted molar refractivity (Wildman–Crippen MR) is 66.6 cm³/mol. The molecule has 0 fully saturated rings. The number of anilines is 1. The maximum absolute atomic E-state index is 4.23. The van der Waals surface area contributed by atoms with Crippen molar-refractivity contribution in [3.05, 3.63) is 30.5 Å². The molecule has 0 radical (unpaired) electrons. The highest BCUT2D eigenvalue weighted by molar-refractivity contribution is 5.91. The average molecular weight is 214 g/mol. The Morgan fingerprint density at radius 2 is 2.19 bits per heavy atom. The van der Waals surface area contributed by atoms with E-state index in [2.05, 4.69) is 27.6 Å². The zero-order valence-corrected chi connectivity index (χ0v) is 9.44. The fraction of sp³-hybridized carbons (Fsp3) is 0.250. The van der Waals surface area contributed by atoms with Crippen LogP contribution >= 0.6 is 0 Å². The predicted octanol–water partition coefficient (Wildman–Crippen LogP) is 2.83. The number of nitrogens with zero attached hydrogens (tertiary/aromatic N) is 3. The van der Waals surface area contributed by atoms with E-state index in [1.807, 2.05) is 31.2 Å². The molecule has 0 atom stereocenters. The molecule has 1 aromatic heterocycles. The molecule has 1 aromatic carbocycles. The van der Waals surface area contributed by atoms with E-state index in [0.717, 1.165) is 22.9 Å². The number of fused-ring (bicyclic) bond motifs is 1. The van der Waals surface area contributed by atoms with E-state index in [4.69, 9.17) is 0 Å². The van der Waals surface area contributed by atoms with E-state index >= 15 is 0 Å². The van der Waals surface area contributed by atoms with Crippen LogP contribution in [0.2, 0.25) is 0 Å². The van der Waals surface area contributed by atoms with E-state index in [0.29, 0.717) is 5.82 Å². The van der Waals surface area contributed by atoms with Crippen LogP contribution in [0.25, 0.3) is 10.8 Å². The molecular formula is C12H14N4. The van der Waals surface area contributed by atoms with Gasteiger partial charge in [-0.05, 0) is 13.3 Å². The van der Waals surface area contributed by atoms with Crippen molar-refractivity contribution in [3.63, 3.8) is 0 Å². The first-order valence-electron chi connectivity index (χ1n) is 5.31. The maximum atomic E-state index is 4.23. The zero-order chi connectivity index (χ0) is 11.4. The number of hydrogen-bond acceptors (Lipinski definition) is 4. The zero-order valence-electron chi connectivity index (χ0n) is 9.44. The molecule has 4 nitrogen and oxygen atoms in total. The Labute approximate surface area is 94.4 Å². The topological polar surface area (TPSA) is 50.2 Å². The molecule has 0 aliphatic carbocycles. The van der Waals surface area contributed by atoms with E-state index in [1.54, 1.807) is 6.20 Å². The van der Waals surface area contributed by atoms with Crippen molar-refractivity contribution in [1.29, 1.82) is 0 Å². The van der Waals surface area contributed by atoms with E-state index in [-0.39, 0.29) is 0 Å². The quantitative estimate of drug-likeness (QED) is 0.631.